The second-order valence-corrected chi connectivity index (χ2v) is 10.2. The summed E-state index contributed by atoms with van der Waals surface area (Å²) in [7, 11) is 4.28. The van der Waals surface area contributed by atoms with Gasteiger partial charge in [-0.05, 0) is 42.9 Å². The molecule has 0 aliphatic carbocycles. The van der Waals surface area contributed by atoms with Crippen molar-refractivity contribution in [3.05, 3.63) is 96.8 Å². The molecule has 4 heterocycles. The molecule has 0 radical (unpaired) electrons. The predicted molar refractivity (Wildman–Crippen MR) is 153 cm³/mol. The second-order valence-electron chi connectivity index (χ2n) is 10.2. The van der Waals surface area contributed by atoms with Crippen LogP contribution in [0.3, 0.4) is 0 Å². The highest BCUT2D eigenvalue weighted by Crippen LogP contribution is 2.32. The van der Waals surface area contributed by atoms with Crippen LogP contribution in [0.1, 0.15) is 17.4 Å². The number of anilines is 2. The number of aromatic nitrogens is 3. The molecule has 2 aromatic carbocycles. The fraction of sp³-hybridized carbons (Fsp3) is 0.300. The van der Waals surface area contributed by atoms with Gasteiger partial charge in [0.05, 0.1) is 24.1 Å². The number of hydrogen-bond donors (Lipinski definition) is 1. The summed E-state index contributed by atoms with van der Waals surface area (Å²) in [6.07, 6.45) is 7.72. The summed E-state index contributed by atoms with van der Waals surface area (Å²) in [5, 5.41) is 4.40. The molecule has 1 fully saturated rings. The quantitative estimate of drug-likeness (QED) is 0.365. The molecule has 200 valence electrons. The maximum absolute atomic E-state index is 5.94. The van der Waals surface area contributed by atoms with Crippen molar-refractivity contribution in [1.29, 1.82) is 0 Å². The van der Waals surface area contributed by atoms with Crippen LogP contribution in [-0.4, -0.2) is 81.5 Å². The molecular weight excluding hydrogens is 488 g/mol. The van der Waals surface area contributed by atoms with E-state index in [4.69, 9.17) is 9.72 Å². The molecule has 1 saturated heterocycles. The zero-order valence-corrected chi connectivity index (χ0v) is 22.4. The Labute approximate surface area is 229 Å². The van der Waals surface area contributed by atoms with Crippen LogP contribution in [0, 0.1) is 0 Å². The van der Waals surface area contributed by atoms with Gasteiger partial charge in [-0.1, -0.05) is 30.3 Å². The summed E-state index contributed by atoms with van der Waals surface area (Å²) in [4.78, 5) is 23.3. The van der Waals surface area contributed by atoms with E-state index < -0.39 is 0 Å². The first-order valence-corrected chi connectivity index (χ1v) is 13.3. The molecule has 1 atom stereocenters. The average molecular weight is 523 g/mol. The maximum Gasteiger partial charge on any atom is 0.145 e. The topological polar surface area (TPSA) is 72.9 Å². The number of likely N-dealkylation sites (N-methyl/N-ethyl adjacent to an activating group) is 1. The molecule has 9 heteroatoms. The van der Waals surface area contributed by atoms with E-state index in [-0.39, 0.29) is 6.17 Å². The first-order chi connectivity index (χ1) is 19.1. The molecule has 1 N–H and O–H groups in total. The number of nitrogens with one attached hydrogen (secondary N) is 1. The minimum absolute atomic E-state index is 0.0168. The van der Waals surface area contributed by atoms with Crippen LogP contribution in [0.5, 0.6) is 5.75 Å². The summed E-state index contributed by atoms with van der Waals surface area (Å²) in [6, 6.07) is 20.2. The van der Waals surface area contributed by atoms with Gasteiger partial charge in [0, 0.05) is 56.7 Å². The van der Waals surface area contributed by atoms with Gasteiger partial charge in [-0.25, -0.2) is 9.97 Å². The molecule has 2 aromatic heterocycles. The second kappa shape index (κ2) is 11.3. The van der Waals surface area contributed by atoms with Gasteiger partial charge >= 0.3 is 0 Å². The lowest BCUT2D eigenvalue weighted by Crippen LogP contribution is -2.48. The smallest absolute Gasteiger partial charge is 0.145 e. The molecule has 1 unspecified atom stereocenters. The average Bonchev–Trinajstić information content (AvgIpc) is 3.34. The Morgan fingerprint density at radius 1 is 0.897 bits per heavy atom. The van der Waals surface area contributed by atoms with Crippen molar-refractivity contribution >= 4 is 22.4 Å². The maximum atomic E-state index is 5.94. The lowest BCUT2D eigenvalue weighted by molar-refractivity contribution is 0.0644. The zero-order chi connectivity index (χ0) is 26.6. The fourth-order valence-corrected chi connectivity index (χ4v) is 5.04. The van der Waals surface area contributed by atoms with Crippen LogP contribution < -0.4 is 10.1 Å². The van der Waals surface area contributed by atoms with Gasteiger partial charge in [0.1, 0.15) is 30.7 Å². The number of benzene rings is 2. The highest BCUT2D eigenvalue weighted by atomic mass is 16.5. The molecule has 39 heavy (non-hydrogen) atoms. The van der Waals surface area contributed by atoms with E-state index >= 15 is 0 Å². The summed E-state index contributed by atoms with van der Waals surface area (Å²) in [5.74, 6) is 1.57. The van der Waals surface area contributed by atoms with Gasteiger partial charge in [0.25, 0.3) is 0 Å². The number of nitrogens with zero attached hydrogens (tertiary/aromatic N) is 7. The van der Waals surface area contributed by atoms with Crippen molar-refractivity contribution in [3.8, 4) is 5.75 Å². The molecule has 4 aromatic rings. The lowest BCUT2D eigenvalue weighted by atomic mass is 10.2. The Hall–Kier alpha value is -4.21. The molecular formula is C30H34N8O. The van der Waals surface area contributed by atoms with Gasteiger partial charge in [0.15, 0.2) is 0 Å². The van der Waals surface area contributed by atoms with Gasteiger partial charge in [0.2, 0.25) is 0 Å². The summed E-state index contributed by atoms with van der Waals surface area (Å²) in [6.45, 7) is 5.74. The third kappa shape index (κ3) is 5.79. The number of piperazine rings is 1. The Morgan fingerprint density at radius 3 is 2.49 bits per heavy atom. The largest absolute Gasteiger partial charge is 0.489 e. The monoisotopic (exact) mass is 522 g/mol. The first kappa shape index (κ1) is 25.1. The van der Waals surface area contributed by atoms with E-state index in [0.717, 1.165) is 72.3 Å². The third-order valence-electron chi connectivity index (χ3n) is 7.33. The molecule has 0 saturated carbocycles. The van der Waals surface area contributed by atoms with Crippen LogP contribution in [-0.2, 0) is 6.61 Å². The minimum Gasteiger partial charge on any atom is -0.489 e. The molecule has 2 aliphatic rings. The van der Waals surface area contributed by atoms with Gasteiger partial charge in [-0.2, -0.15) is 0 Å². The predicted octanol–water partition coefficient (Wildman–Crippen LogP) is 4.27. The number of hydrogen-bond acceptors (Lipinski definition) is 9. The summed E-state index contributed by atoms with van der Waals surface area (Å²) in [5.41, 5.74) is 3.84. The first-order valence-electron chi connectivity index (χ1n) is 13.3. The van der Waals surface area contributed by atoms with Gasteiger partial charge in [-0.3, -0.25) is 9.88 Å². The van der Waals surface area contributed by atoms with Crippen LogP contribution >= 0.6 is 0 Å². The van der Waals surface area contributed by atoms with Crippen molar-refractivity contribution in [2.45, 2.75) is 12.8 Å². The van der Waals surface area contributed by atoms with E-state index in [2.05, 4.69) is 79.6 Å². The Bertz CT molecular complexity index is 1420. The summed E-state index contributed by atoms with van der Waals surface area (Å²) < 4.78 is 5.94. The summed E-state index contributed by atoms with van der Waals surface area (Å²) >= 11 is 0. The molecule has 6 rings (SSSR count). The van der Waals surface area contributed by atoms with Gasteiger partial charge < -0.3 is 24.8 Å². The van der Waals surface area contributed by atoms with Crippen molar-refractivity contribution in [2.75, 3.05) is 52.3 Å². The molecule has 9 nitrogen and oxygen atoms in total. The highest BCUT2D eigenvalue weighted by molar-refractivity contribution is 5.90. The van der Waals surface area contributed by atoms with Crippen molar-refractivity contribution < 1.29 is 4.74 Å². The third-order valence-corrected chi connectivity index (χ3v) is 7.33. The van der Waals surface area contributed by atoms with Crippen molar-refractivity contribution in [2.24, 2.45) is 0 Å². The Balaban J connectivity index is 1.18. The van der Waals surface area contributed by atoms with E-state index in [1.165, 1.54) is 0 Å². The van der Waals surface area contributed by atoms with Crippen molar-refractivity contribution in [1.82, 2.24) is 34.6 Å². The van der Waals surface area contributed by atoms with Crippen LogP contribution in [0.2, 0.25) is 0 Å². The zero-order valence-electron chi connectivity index (χ0n) is 22.4. The van der Waals surface area contributed by atoms with Crippen molar-refractivity contribution in [3.63, 3.8) is 0 Å². The minimum atomic E-state index is 0.0168. The molecule has 0 spiro atoms. The van der Waals surface area contributed by atoms with E-state index in [9.17, 15) is 0 Å². The normalized spacial score (nSPS) is 18.2. The lowest BCUT2D eigenvalue weighted by Gasteiger charge is -2.38. The number of fused-ring (bicyclic) bond motifs is 1. The van der Waals surface area contributed by atoms with E-state index in [1.54, 1.807) is 6.33 Å². The van der Waals surface area contributed by atoms with Crippen LogP contribution in [0.15, 0.2) is 85.6 Å². The van der Waals surface area contributed by atoms with E-state index in [1.807, 2.05) is 48.7 Å². The van der Waals surface area contributed by atoms with E-state index in [0.29, 0.717) is 6.61 Å². The van der Waals surface area contributed by atoms with Crippen LogP contribution in [0.4, 0.5) is 11.5 Å². The number of ether oxygens (including phenoxy) is 1. The number of pyridine rings is 1. The van der Waals surface area contributed by atoms with Gasteiger partial charge in [-0.15, -0.1) is 0 Å². The highest BCUT2D eigenvalue weighted by Gasteiger charge is 2.29. The Kier molecular flexibility index (Phi) is 7.25. The Morgan fingerprint density at radius 2 is 1.69 bits per heavy atom. The molecule has 0 amide bonds. The standard InChI is InChI=1S/C30H34N8O/c1-35-12-15-37(16-13-35)22-38-17-14-36(2)30(38)27-18-26-28(19-31-27)32-21-33-29(26)34-24-8-10-25(11-9-24)39-20-23-6-4-3-5-7-23/h3-11,14,17-19,21,30H,12-13,15-16,20,22H2,1-2H3,(H,32,33,34). The SMILES string of the molecule is CN1CCN(CN2C=CN(C)C2c2cc3c(Nc4ccc(OCc5ccccc5)cc4)ncnc3cn2)CC1. The molecule has 2 aliphatic heterocycles. The van der Waals surface area contributed by atoms with Crippen LogP contribution in [0.25, 0.3) is 10.9 Å². The number of rotatable bonds is 8. The molecule has 0 bridgehead atoms. The fourth-order valence-electron chi connectivity index (χ4n) is 5.04.